The third kappa shape index (κ3) is 15.1. The van der Waals surface area contributed by atoms with Gasteiger partial charge >= 0.3 is 0 Å². The number of thiocarbonyl (C=S) groups is 2. The van der Waals surface area contributed by atoms with Gasteiger partial charge in [-0.3, -0.25) is 18.6 Å². The normalized spacial score (nSPS) is 12.5. The first kappa shape index (κ1) is 66.0. The SMILES string of the molecule is Cc1cc(-c2ccc(N=Nc3ccc4c(S(=O)(=O)O)cc(S(C)(=O)=O)c(N)c4c3O)c(C)c2)ccc1CC(=S)NCCN(CCN)CCNC(=S)Cc1ccc(-c2ccc(N=Nc3ccc4c(S(=O)(=O)O)cc(S(=O)(=O)O)c(N)c4c3O)c(C)c2)cc1C. The van der Waals surface area contributed by atoms with E-state index < -0.39 is 88.0 Å². The van der Waals surface area contributed by atoms with E-state index in [0.717, 1.165) is 68.0 Å². The Morgan fingerprint density at radius 1 is 0.477 bits per heavy atom. The number of benzene rings is 8. The van der Waals surface area contributed by atoms with Crippen LogP contribution in [0.15, 0.2) is 149 Å². The molecule has 8 aromatic carbocycles. The molecule has 0 saturated heterocycles. The maximum Gasteiger partial charge on any atom is 0.296 e. The second-order valence-corrected chi connectivity index (χ2v) is 28.0. The number of phenolic OH excluding ortho intramolecular Hbond substituents is 2. The number of aromatic hydroxyl groups is 2. The van der Waals surface area contributed by atoms with Gasteiger partial charge in [0.15, 0.2) is 21.3 Å². The Bertz CT molecular complexity index is 4410. The van der Waals surface area contributed by atoms with Crippen molar-refractivity contribution in [1.82, 2.24) is 15.5 Å². The van der Waals surface area contributed by atoms with Gasteiger partial charge in [0.05, 0.1) is 48.4 Å². The molecule has 0 heterocycles. The van der Waals surface area contributed by atoms with Crippen molar-refractivity contribution in [2.75, 3.05) is 57.0 Å². The number of nitrogens with zero attached hydrogens (tertiary/aromatic N) is 5. The first-order valence-electron chi connectivity index (χ1n) is 26.7. The van der Waals surface area contributed by atoms with Gasteiger partial charge in [-0.1, -0.05) is 85.1 Å². The number of sulfone groups is 1. The molecular weight excluding hydrogens is 1250 g/mol. The quantitative estimate of drug-likeness (QED) is 0.0130. The van der Waals surface area contributed by atoms with Crippen LogP contribution in [0.4, 0.5) is 34.1 Å². The molecule has 88 heavy (non-hydrogen) atoms. The van der Waals surface area contributed by atoms with Gasteiger partial charge in [-0.25, -0.2) is 8.42 Å². The Balaban J connectivity index is 0.812. The van der Waals surface area contributed by atoms with Crippen LogP contribution >= 0.6 is 24.4 Å². The Labute approximate surface area is 519 Å². The minimum atomic E-state index is -5.07. The van der Waals surface area contributed by atoms with Crippen molar-refractivity contribution in [2.24, 2.45) is 26.2 Å². The van der Waals surface area contributed by atoms with E-state index in [1.54, 1.807) is 12.1 Å². The lowest BCUT2D eigenvalue weighted by atomic mass is 9.97. The standard InChI is InChI=1S/C59H62N10O13S6/c1-32-24-38(40-10-14-44(34(3)26-40)65-67-46-16-12-42-48(86(74,75)76)30-50(85(5,72)73)56(61)54(42)58(46)70)8-6-36(32)28-52(83)63-19-22-69(21-18-60)23-20-64-53(84)29-37-7-9-39(25-33(37)2)41-11-15-45(35(4)27-41)66-68-47-17-13-43-49(87(77,78)79)31-51(88(80,81)82)57(62)55(43)59(47)71/h6-17,24-27,30-31,70-71H,18-23,28-29,60-62H2,1-5H3,(H,63,83)(H,64,84)(H,74,75,76)(H,77,78,79)(H,80,81,82). The fourth-order valence-electron chi connectivity index (χ4n) is 9.97. The van der Waals surface area contributed by atoms with Crippen molar-refractivity contribution in [3.8, 4) is 33.8 Å². The highest BCUT2D eigenvalue weighted by molar-refractivity contribution is 7.91. The average molecular weight is 1310 g/mol. The molecule has 0 bridgehead atoms. The van der Waals surface area contributed by atoms with Crippen LogP contribution < -0.4 is 27.8 Å². The van der Waals surface area contributed by atoms with Gasteiger partial charge in [-0.05, 0) is 132 Å². The van der Waals surface area contributed by atoms with Crippen LogP contribution in [0.3, 0.4) is 0 Å². The molecule has 0 aliphatic carbocycles. The van der Waals surface area contributed by atoms with E-state index >= 15 is 0 Å². The maximum absolute atomic E-state index is 12.5. The summed E-state index contributed by atoms with van der Waals surface area (Å²) in [6, 6.07) is 29.4. The van der Waals surface area contributed by atoms with Gasteiger partial charge < -0.3 is 38.0 Å². The zero-order valence-electron chi connectivity index (χ0n) is 48.0. The lowest BCUT2D eigenvalue weighted by molar-refractivity contribution is 0.289. The second kappa shape index (κ2) is 26.4. The smallest absolute Gasteiger partial charge is 0.296 e. The highest BCUT2D eigenvalue weighted by Crippen LogP contribution is 2.46. The summed E-state index contributed by atoms with van der Waals surface area (Å²) in [7, 11) is -19.1. The van der Waals surface area contributed by atoms with E-state index in [1.165, 1.54) is 24.3 Å². The number of aryl methyl sites for hydroxylation is 4. The first-order valence-corrected chi connectivity index (χ1v) is 33.8. The number of azo groups is 2. The van der Waals surface area contributed by atoms with Crippen molar-refractivity contribution < 1.29 is 57.5 Å². The number of nitrogens with two attached hydrogens (primary N) is 3. The van der Waals surface area contributed by atoms with Crippen molar-refractivity contribution in [3.63, 3.8) is 0 Å². The topological polar surface area (TPSA) is 393 Å². The summed E-state index contributed by atoms with van der Waals surface area (Å²) < 4.78 is 127. The second-order valence-electron chi connectivity index (χ2n) is 20.9. The molecule has 23 nitrogen and oxygen atoms in total. The summed E-state index contributed by atoms with van der Waals surface area (Å²) >= 11 is 11.5. The summed E-state index contributed by atoms with van der Waals surface area (Å²) in [5.41, 5.74) is 27.0. The molecule has 0 unspecified atom stereocenters. The first-order chi connectivity index (χ1) is 41.2. The summed E-state index contributed by atoms with van der Waals surface area (Å²) in [6.07, 6.45) is 1.88. The molecule has 0 aromatic heterocycles. The number of hydrogen-bond acceptors (Lipinski definition) is 20. The summed E-state index contributed by atoms with van der Waals surface area (Å²) in [5.74, 6) is -1.35. The zero-order valence-corrected chi connectivity index (χ0v) is 52.9. The average Bonchev–Trinajstić information content (AvgIpc) is 0.987. The molecule has 0 saturated carbocycles. The number of hydrogen-bond donors (Lipinski definition) is 10. The molecule has 462 valence electrons. The van der Waals surface area contributed by atoms with Crippen LogP contribution in [0.2, 0.25) is 0 Å². The van der Waals surface area contributed by atoms with Crippen LogP contribution in [-0.2, 0) is 53.0 Å². The largest absolute Gasteiger partial charge is 0.505 e. The van der Waals surface area contributed by atoms with Gasteiger partial charge in [-0.2, -0.15) is 35.5 Å². The fourth-order valence-corrected chi connectivity index (χ4v) is 13.5. The molecule has 0 radical (unpaired) electrons. The van der Waals surface area contributed by atoms with Crippen molar-refractivity contribution >= 4 is 130 Å². The number of fused-ring (bicyclic) bond motifs is 2. The van der Waals surface area contributed by atoms with Gasteiger partial charge in [-0.15, -0.1) is 10.2 Å². The van der Waals surface area contributed by atoms with Gasteiger partial charge in [0.1, 0.15) is 26.1 Å². The summed E-state index contributed by atoms with van der Waals surface area (Å²) in [6.45, 7) is 11.4. The van der Waals surface area contributed by atoms with Crippen molar-refractivity contribution in [1.29, 1.82) is 0 Å². The molecule has 0 atom stereocenters. The van der Waals surface area contributed by atoms with E-state index in [4.69, 9.17) is 41.6 Å². The predicted octanol–water partition coefficient (Wildman–Crippen LogP) is 9.99. The van der Waals surface area contributed by atoms with Gasteiger partial charge in [0.25, 0.3) is 30.4 Å². The predicted molar refractivity (Wildman–Crippen MR) is 348 cm³/mol. The number of rotatable bonds is 22. The summed E-state index contributed by atoms with van der Waals surface area (Å²) in [5, 5.41) is 44.6. The molecule has 0 amide bonds. The third-order valence-electron chi connectivity index (χ3n) is 14.6. The monoisotopic (exact) mass is 1310 g/mol. The van der Waals surface area contributed by atoms with E-state index in [0.29, 0.717) is 79.5 Å². The molecule has 0 aliphatic heterocycles. The minimum absolute atomic E-state index is 0.118. The Morgan fingerprint density at radius 3 is 1.17 bits per heavy atom. The molecule has 0 fully saturated rings. The van der Waals surface area contributed by atoms with Crippen LogP contribution in [0.25, 0.3) is 43.8 Å². The Morgan fingerprint density at radius 2 is 0.818 bits per heavy atom. The molecule has 0 spiro atoms. The van der Waals surface area contributed by atoms with Crippen LogP contribution in [0.1, 0.15) is 33.4 Å². The fraction of sp³-hybridized carbons (Fsp3) is 0.220. The zero-order chi connectivity index (χ0) is 64.4. The molecule has 8 rings (SSSR count). The molecular formula is C59H62N10O13S6. The highest BCUT2D eigenvalue weighted by atomic mass is 32.2. The number of phenols is 2. The lowest BCUT2D eigenvalue weighted by Crippen LogP contribution is -2.41. The van der Waals surface area contributed by atoms with E-state index in [1.807, 2.05) is 76.2 Å². The minimum Gasteiger partial charge on any atom is -0.505 e. The molecule has 8 aromatic rings. The third-order valence-corrected chi connectivity index (χ3v) is 19.0. The summed E-state index contributed by atoms with van der Waals surface area (Å²) in [4.78, 5) is 0.367. The van der Waals surface area contributed by atoms with Gasteiger partial charge in [0, 0.05) is 69.1 Å². The van der Waals surface area contributed by atoms with Crippen molar-refractivity contribution in [2.45, 2.75) is 60.1 Å². The number of anilines is 2. The highest BCUT2D eigenvalue weighted by Gasteiger charge is 2.28. The molecule has 29 heteroatoms. The van der Waals surface area contributed by atoms with Crippen LogP contribution in [-0.4, -0.2) is 118 Å². The van der Waals surface area contributed by atoms with E-state index in [-0.39, 0.29) is 27.5 Å². The van der Waals surface area contributed by atoms with Crippen LogP contribution in [0, 0.1) is 27.7 Å². The van der Waals surface area contributed by atoms with Crippen LogP contribution in [0.5, 0.6) is 11.5 Å². The van der Waals surface area contributed by atoms with Gasteiger partial charge in [0.2, 0.25) is 0 Å². The molecule has 13 N–H and O–H groups in total. The lowest BCUT2D eigenvalue weighted by Gasteiger charge is -2.23. The van der Waals surface area contributed by atoms with E-state index in [9.17, 15) is 57.5 Å². The van der Waals surface area contributed by atoms with E-state index in [2.05, 4.69) is 48.1 Å². The number of nitrogen functional groups attached to an aromatic ring is 2. The maximum atomic E-state index is 12.5. The molecule has 0 aliphatic rings. The Kier molecular flexibility index (Phi) is 19.8. The Hall–Kier alpha value is -7.94. The van der Waals surface area contributed by atoms with Crippen molar-refractivity contribution in [3.05, 3.63) is 143 Å². The number of nitrogens with one attached hydrogen (secondary N) is 2.